The standard InChI is InChI=1S/C29H27ClN2O5/c1-5-36-28(35)32(24-9-7-6-8-23(24)30)26-18(2)37-31-25(26)21-12-10-19(11-13-21)20-14-16-22(17-15-20)29(3,4)27(33)34/h6-17H,5H2,1-4H3,(H,33,34). The zero-order valence-corrected chi connectivity index (χ0v) is 21.7. The summed E-state index contributed by atoms with van der Waals surface area (Å²) >= 11 is 6.44. The molecule has 8 heteroatoms. The topological polar surface area (TPSA) is 92.9 Å². The van der Waals surface area contributed by atoms with Crippen molar-refractivity contribution in [2.75, 3.05) is 11.5 Å². The van der Waals surface area contributed by atoms with Gasteiger partial charge in [0.05, 0.1) is 22.7 Å². The molecule has 37 heavy (non-hydrogen) atoms. The van der Waals surface area contributed by atoms with Crippen LogP contribution in [-0.4, -0.2) is 28.9 Å². The number of aromatic nitrogens is 1. The predicted octanol–water partition coefficient (Wildman–Crippen LogP) is 7.63. The second-order valence-electron chi connectivity index (χ2n) is 9.01. The quantitative estimate of drug-likeness (QED) is 0.270. The van der Waals surface area contributed by atoms with Crippen molar-refractivity contribution in [2.24, 2.45) is 0 Å². The monoisotopic (exact) mass is 518 g/mol. The molecule has 0 saturated heterocycles. The fraction of sp³-hybridized carbons (Fsp3) is 0.207. The highest BCUT2D eigenvalue weighted by molar-refractivity contribution is 6.34. The van der Waals surface area contributed by atoms with Crippen LogP contribution in [0.4, 0.5) is 16.2 Å². The molecule has 0 fully saturated rings. The average Bonchev–Trinajstić information content (AvgIpc) is 3.26. The van der Waals surface area contributed by atoms with Gasteiger partial charge >= 0.3 is 12.1 Å². The summed E-state index contributed by atoms with van der Waals surface area (Å²) < 4.78 is 10.8. The smallest absolute Gasteiger partial charge is 0.419 e. The van der Waals surface area contributed by atoms with E-state index < -0.39 is 17.5 Å². The van der Waals surface area contributed by atoms with Gasteiger partial charge < -0.3 is 14.4 Å². The molecule has 0 saturated carbocycles. The fourth-order valence-corrected chi connectivity index (χ4v) is 4.19. The van der Waals surface area contributed by atoms with Gasteiger partial charge in [-0.1, -0.05) is 77.4 Å². The average molecular weight is 519 g/mol. The zero-order chi connectivity index (χ0) is 26.7. The van der Waals surface area contributed by atoms with Crippen LogP contribution in [0.1, 0.15) is 32.1 Å². The Balaban J connectivity index is 1.71. The number of halogens is 1. The molecule has 0 spiro atoms. The van der Waals surface area contributed by atoms with Gasteiger partial charge in [-0.15, -0.1) is 0 Å². The maximum atomic E-state index is 13.0. The van der Waals surface area contributed by atoms with E-state index >= 15 is 0 Å². The summed E-state index contributed by atoms with van der Waals surface area (Å²) in [5.41, 5.74) is 3.74. The summed E-state index contributed by atoms with van der Waals surface area (Å²) in [6, 6.07) is 22.1. The number of rotatable bonds is 7. The summed E-state index contributed by atoms with van der Waals surface area (Å²) in [4.78, 5) is 26.0. The Hall–Kier alpha value is -4.10. The molecule has 190 valence electrons. The van der Waals surface area contributed by atoms with Crippen LogP contribution in [0.15, 0.2) is 77.3 Å². The van der Waals surface area contributed by atoms with Gasteiger partial charge in [0.15, 0.2) is 5.76 Å². The van der Waals surface area contributed by atoms with E-state index in [2.05, 4.69) is 5.16 Å². The maximum absolute atomic E-state index is 13.0. The lowest BCUT2D eigenvalue weighted by atomic mass is 9.84. The number of hydrogen-bond donors (Lipinski definition) is 1. The molecule has 0 bridgehead atoms. The molecule has 0 aliphatic heterocycles. The maximum Gasteiger partial charge on any atom is 0.419 e. The lowest BCUT2D eigenvalue weighted by Gasteiger charge is -2.23. The number of aliphatic carboxylic acids is 1. The lowest BCUT2D eigenvalue weighted by molar-refractivity contribution is -0.142. The summed E-state index contributed by atoms with van der Waals surface area (Å²) in [5.74, 6) is -0.444. The number of benzene rings is 3. The molecule has 4 aromatic rings. The van der Waals surface area contributed by atoms with Crippen LogP contribution < -0.4 is 4.90 Å². The molecular formula is C29H27ClN2O5. The molecule has 0 aliphatic rings. The van der Waals surface area contributed by atoms with Crippen molar-refractivity contribution < 1.29 is 24.0 Å². The first-order valence-corrected chi connectivity index (χ1v) is 12.1. The minimum atomic E-state index is -0.976. The Morgan fingerprint density at radius 3 is 2.11 bits per heavy atom. The van der Waals surface area contributed by atoms with Gasteiger partial charge in [-0.05, 0) is 56.5 Å². The number of nitrogens with zero attached hydrogens (tertiary/aromatic N) is 2. The largest absolute Gasteiger partial charge is 0.481 e. The number of carboxylic acids is 1. The van der Waals surface area contributed by atoms with Crippen LogP contribution in [-0.2, 0) is 14.9 Å². The van der Waals surface area contributed by atoms with Crippen molar-refractivity contribution >= 4 is 35.0 Å². The van der Waals surface area contributed by atoms with Gasteiger partial charge in [0, 0.05) is 5.56 Å². The molecule has 4 rings (SSSR count). The number of carbonyl (C=O) groups is 2. The van der Waals surface area contributed by atoms with E-state index in [9.17, 15) is 14.7 Å². The summed E-state index contributed by atoms with van der Waals surface area (Å²) in [6.07, 6.45) is -0.593. The Morgan fingerprint density at radius 1 is 0.973 bits per heavy atom. The van der Waals surface area contributed by atoms with Crippen LogP contribution in [0, 0.1) is 6.92 Å². The van der Waals surface area contributed by atoms with Crippen LogP contribution in [0.3, 0.4) is 0 Å². The van der Waals surface area contributed by atoms with E-state index in [0.29, 0.717) is 27.9 Å². The van der Waals surface area contributed by atoms with Gasteiger partial charge in [-0.2, -0.15) is 0 Å². The molecule has 1 N–H and O–H groups in total. The van der Waals surface area contributed by atoms with E-state index in [0.717, 1.165) is 22.3 Å². The molecule has 7 nitrogen and oxygen atoms in total. The summed E-state index contributed by atoms with van der Waals surface area (Å²) in [5, 5.41) is 14.1. The number of carbonyl (C=O) groups excluding carboxylic acids is 1. The molecule has 1 aromatic heterocycles. The van der Waals surface area contributed by atoms with Crippen LogP contribution >= 0.6 is 11.6 Å². The van der Waals surface area contributed by atoms with E-state index in [1.54, 1.807) is 52.0 Å². The van der Waals surface area contributed by atoms with E-state index in [-0.39, 0.29) is 6.61 Å². The molecule has 0 radical (unpaired) electrons. The van der Waals surface area contributed by atoms with Crippen LogP contribution in [0.5, 0.6) is 0 Å². The first-order chi connectivity index (χ1) is 17.6. The molecule has 0 atom stereocenters. The van der Waals surface area contributed by atoms with Crippen molar-refractivity contribution in [3.8, 4) is 22.4 Å². The summed E-state index contributed by atoms with van der Waals surface area (Å²) in [6.45, 7) is 7.01. The van der Waals surface area contributed by atoms with Crippen molar-refractivity contribution in [3.63, 3.8) is 0 Å². The molecule has 1 amide bonds. The SMILES string of the molecule is CCOC(=O)N(c1ccccc1Cl)c1c(-c2ccc(-c3ccc(C(C)(C)C(=O)O)cc3)cc2)noc1C. The molecule has 3 aromatic carbocycles. The number of aryl methyl sites for hydroxylation is 1. The number of carboxylic acid groups (broad SMARTS) is 1. The highest BCUT2D eigenvalue weighted by Gasteiger charge is 2.30. The fourth-order valence-electron chi connectivity index (χ4n) is 3.97. The molecular weight excluding hydrogens is 492 g/mol. The third-order valence-electron chi connectivity index (χ3n) is 6.23. The number of para-hydroxylation sites is 1. The Morgan fingerprint density at radius 2 is 1.54 bits per heavy atom. The highest BCUT2D eigenvalue weighted by atomic mass is 35.5. The van der Waals surface area contributed by atoms with Gasteiger partial charge in [0.2, 0.25) is 0 Å². The first-order valence-electron chi connectivity index (χ1n) is 11.8. The Bertz CT molecular complexity index is 1430. The minimum Gasteiger partial charge on any atom is -0.481 e. The minimum absolute atomic E-state index is 0.191. The number of hydrogen-bond acceptors (Lipinski definition) is 5. The van der Waals surface area contributed by atoms with E-state index in [4.69, 9.17) is 20.9 Å². The third-order valence-corrected chi connectivity index (χ3v) is 6.55. The second kappa shape index (κ2) is 10.5. The Kier molecular flexibility index (Phi) is 7.36. The second-order valence-corrected chi connectivity index (χ2v) is 9.41. The third kappa shape index (κ3) is 5.08. The van der Waals surface area contributed by atoms with Gasteiger partial charge in [-0.3, -0.25) is 4.79 Å². The van der Waals surface area contributed by atoms with Crippen molar-refractivity contribution in [1.82, 2.24) is 5.16 Å². The Labute approximate surface area is 220 Å². The van der Waals surface area contributed by atoms with E-state index in [1.807, 2.05) is 48.5 Å². The van der Waals surface area contributed by atoms with Gasteiger partial charge in [0.1, 0.15) is 11.4 Å². The zero-order valence-electron chi connectivity index (χ0n) is 21.0. The van der Waals surface area contributed by atoms with Gasteiger partial charge in [-0.25, -0.2) is 9.69 Å². The number of amides is 1. The normalized spacial score (nSPS) is 11.3. The molecule has 0 unspecified atom stereocenters. The molecule has 1 heterocycles. The lowest BCUT2D eigenvalue weighted by Crippen LogP contribution is -2.28. The number of anilines is 2. The van der Waals surface area contributed by atoms with E-state index in [1.165, 1.54) is 4.90 Å². The van der Waals surface area contributed by atoms with Crippen molar-refractivity contribution in [3.05, 3.63) is 89.1 Å². The van der Waals surface area contributed by atoms with Crippen molar-refractivity contribution in [1.29, 1.82) is 0 Å². The van der Waals surface area contributed by atoms with Gasteiger partial charge in [0.25, 0.3) is 0 Å². The van der Waals surface area contributed by atoms with Crippen LogP contribution in [0.2, 0.25) is 5.02 Å². The molecule has 0 aliphatic carbocycles. The summed E-state index contributed by atoms with van der Waals surface area (Å²) in [7, 11) is 0. The van der Waals surface area contributed by atoms with Crippen molar-refractivity contribution in [2.45, 2.75) is 33.1 Å². The highest BCUT2D eigenvalue weighted by Crippen LogP contribution is 2.41. The predicted molar refractivity (Wildman–Crippen MR) is 143 cm³/mol. The first kappa shape index (κ1) is 26.0. The van der Waals surface area contributed by atoms with Crippen LogP contribution in [0.25, 0.3) is 22.4 Å². The number of ether oxygens (including phenoxy) is 1.